The number of carboxylic acids is 1. The molecule has 0 aromatic rings. The fraction of sp³-hybridized carbons (Fsp3) is 0.750. The van der Waals surface area contributed by atoms with Crippen molar-refractivity contribution >= 4 is 29.5 Å². The Hall–Kier alpha value is -1.04. The molecular weight excluding hydrogens is 254 g/mol. The van der Waals surface area contributed by atoms with E-state index in [0.717, 1.165) is 6.42 Å². The Labute approximate surface area is 111 Å². The molecule has 2 amide bonds. The van der Waals surface area contributed by atoms with Crippen LogP contribution in [0.2, 0.25) is 0 Å². The molecule has 102 valence electrons. The first-order valence-corrected chi connectivity index (χ1v) is 7.24. The molecule has 18 heavy (non-hydrogen) atoms. The van der Waals surface area contributed by atoms with Gasteiger partial charge in [0.15, 0.2) is 0 Å². The SMILES string of the molecule is CCCN1C(=O)CC(SCC(CC)C(=O)O)C1=O. The fourth-order valence-electron chi connectivity index (χ4n) is 1.84. The summed E-state index contributed by atoms with van der Waals surface area (Å²) in [6.07, 6.45) is 1.50. The minimum absolute atomic E-state index is 0.136. The van der Waals surface area contributed by atoms with Gasteiger partial charge in [-0.3, -0.25) is 19.3 Å². The summed E-state index contributed by atoms with van der Waals surface area (Å²) in [6, 6.07) is 0. The van der Waals surface area contributed by atoms with E-state index in [1.807, 2.05) is 13.8 Å². The predicted octanol–water partition coefficient (Wildman–Crippen LogP) is 1.37. The number of amides is 2. The van der Waals surface area contributed by atoms with Gasteiger partial charge in [-0.2, -0.15) is 0 Å². The lowest BCUT2D eigenvalue weighted by Gasteiger charge is -2.14. The van der Waals surface area contributed by atoms with E-state index >= 15 is 0 Å². The predicted molar refractivity (Wildman–Crippen MR) is 69.3 cm³/mol. The number of carbonyl (C=O) groups excluding carboxylic acids is 2. The van der Waals surface area contributed by atoms with E-state index in [9.17, 15) is 14.4 Å². The van der Waals surface area contributed by atoms with Crippen molar-refractivity contribution in [1.29, 1.82) is 0 Å². The third-order valence-corrected chi connectivity index (χ3v) is 4.36. The van der Waals surface area contributed by atoms with Gasteiger partial charge in [0.1, 0.15) is 0 Å². The molecule has 0 radical (unpaired) electrons. The first-order valence-electron chi connectivity index (χ1n) is 6.19. The van der Waals surface area contributed by atoms with Crippen LogP contribution < -0.4 is 0 Å². The van der Waals surface area contributed by atoms with E-state index in [2.05, 4.69) is 0 Å². The van der Waals surface area contributed by atoms with Crippen molar-refractivity contribution in [2.75, 3.05) is 12.3 Å². The molecule has 1 saturated heterocycles. The van der Waals surface area contributed by atoms with Crippen molar-refractivity contribution < 1.29 is 19.5 Å². The molecule has 1 heterocycles. The molecule has 2 atom stereocenters. The second-order valence-electron chi connectivity index (χ2n) is 4.35. The smallest absolute Gasteiger partial charge is 0.307 e. The number of rotatable bonds is 7. The minimum Gasteiger partial charge on any atom is -0.481 e. The molecule has 0 bridgehead atoms. The average Bonchev–Trinajstić information content (AvgIpc) is 2.58. The van der Waals surface area contributed by atoms with Crippen molar-refractivity contribution in [3.05, 3.63) is 0 Å². The van der Waals surface area contributed by atoms with Gasteiger partial charge in [0.05, 0.1) is 11.2 Å². The third kappa shape index (κ3) is 3.48. The number of hydrogen-bond acceptors (Lipinski definition) is 4. The highest BCUT2D eigenvalue weighted by Gasteiger charge is 2.38. The highest BCUT2D eigenvalue weighted by molar-refractivity contribution is 8.00. The van der Waals surface area contributed by atoms with Crippen molar-refractivity contribution in [1.82, 2.24) is 4.90 Å². The van der Waals surface area contributed by atoms with Gasteiger partial charge in [-0.25, -0.2) is 0 Å². The summed E-state index contributed by atoms with van der Waals surface area (Å²) in [7, 11) is 0. The van der Waals surface area contributed by atoms with E-state index in [-0.39, 0.29) is 18.2 Å². The number of thioether (sulfide) groups is 1. The van der Waals surface area contributed by atoms with Crippen LogP contribution in [0.5, 0.6) is 0 Å². The summed E-state index contributed by atoms with van der Waals surface area (Å²) < 4.78 is 0. The molecule has 1 rings (SSSR count). The molecule has 5 nitrogen and oxygen atoms in total. The number of carbonyl (C=O) groups is 3. The molecule has 0 saturated carbocycles. The topological polar surface area (TPSA) is 74.7 Å². The molecule has 0 aromatic heterocycles. The molecule has 2 unspecified atom stereocenters. The van der Waals surface area contributed by atoms with E-state index in [1.165, 1.54) is 16.7 Å². The summed E-state index contributed by atoms with van der Waals surface area (Å²) in [6.45, 7) is 4.19. The van der Waals surface area contributed by atoms with Gasteiger partial charge < -0.3 is 5.11 Å². The summed E-state index contributed by atoms with van der Waals surface area (Å²) in [4.78, 5) is 35.7. The van der Waals surface area contributed by atoms with Crippen LogP contribution in [0, 0.1) is 5.92 Å². The number of nitrogens with zero attached hydrogens (tertiary/aromatic N) is 1. The zero-order valence-corrected chi connectivity index (χ0v) is 11.5. The molecule has 0 aliphatic carbocycles. The van der Waals surface area contributed by atoms with Gasteiger partial charge in [-0.05, 0) is 12.8 Å². The fourth-order valence-corrected chi connectivity index (χ4v) is 3.21. The van der Waals surface area contributed by atoms with Crippen LogP contribution in [-0.4, -0.2) is 45.3 Å². The Morgan fingerprint density at radius 2 is 2.17 bits per heavy atom. The summed E-state index contributed by atoms with van der Waals surface area (Å²) in [5, 5.41) is 8.53. The summed E-state index contributed by atoms with van der Waals surface area (Å²) in [5.41, 5.74) is 0. The van der Waals surface area contributed by atoms with Crippen molar-refractivity contribution in [2.45, 2.75) is 38.4 Å². The maximum absolute atomic E-state index is 11.9. The van der Waals surface area contributed by atoms with Crippen LogP contribution in [0.3, 0.4) is 0 Å². The molecular formula is C12H19NO4S. The standard InChI is InChI=1S/C12H19NO4S/c1-3-5-13-10(14)6-9(11(13)15)18-7-8(4-2)12(16)17/h8-9H,3-7H2,1-2H3,(H,16,17). The van der Waals surface area contributed by atoms with Gasteiger partial charge >= 0.3 is 5.97 Å². The van der Waals surface area contributed by atoms with Crippen LogP contribution in [-0.2, 0) is 14.4 Å². The number of aliphatic carboxylic acids is 1. The van der Waals surface area contributed by atoms with E-state index in [1.54, 1.807) is 0 Å². The Morgan fingerprint density at radius 1 is 1.50 bits per heavy atom. The zero-order chi connectivity index (χ0) is 13.7. The third-order valence-electron chi connectivity index (χ3n) is 2.99. The van der Waals surface area contributed by atoms with Gasteiger partial charge in [-0.15, -0.1) is 11.8 Å². The second-order valence-corrected chi connectivity index (χ2v) is 5.59. The highest BCUT2D eigenvalue weighted by Crippen LogP contribution is 2.27. The lowest BCUT2D eigenvalue weighted by Crippen LogP contribution is -2.32. The van der Waals surface area contributed by atoms with E-state index in [0.29, 0.717) is 18.7 Å². The maximum Gasteiger partial charge on any atom is 0.307 e. The van der Waals surface area contributed by atoms with Crippen molar-refractivity contribution in [3.8, 4) is 0 Å². The average molecular weight is 273 g/mol. The van der Waals surface area contributed by atoms with Crippen LogP contribution in [0.4, 0.5) is 0 Å². The van der Waals surface area contributed by atoms with Crippen molar-refractivity contribution in [2.24, 2.45) is 5.92 Å². The van der Waals surface area contributed by atoms with E-state index in [4.69, 9.17) is 5.11 Å². The van der Waals surface area contributed by atoms with Crippen LogP contribution >= 0.6 is 11.8 Å². The molecule has 1 aliphatic heterocycles. The first kappa shape index (κ1) is 15.0. The monoisotopic (exact) mass is 273 g/mol. The molecule has 1 N–H and O–H groups in total. The van der Waals surface area contributed by atoms with Gasteiger partial charge in [0.25, 0.3) is 0 Å². The van der Waals surface area contributed by atoms with Gasteiger partial charge in [0, 0.05) is 18.7 Å². The largest absolute Gasteiger partial charge is 0.481 e. The normalized spacial score (nSPS) is 21.4. The lowest BCUT2D eigenvalue weighted by atomic mass is 10.1. The van der Waals surface area contributed by atoms with Crippen LogP contribution in [0.15, 0.2) is 0 Å². The minimum atomic E-state index is -0.841. The van der Waals surface area contributed by atoms with Gasteiger partial charge in [0.2, 0.25) is 11.8 Å². The van der Waals surface area contributed by atoms with Crippen LogP contribution in [0.1, 0.15) is 33.1 Å². The van der Waals surface area contributed by atoms with Crippen LogP contribution in [0.25, 0.3) is 0 Å². The number of carboxylic acid groups (broad SMARTS) is 1. The molecule has 1 aliphatic rings. The lowest BCUT2D eigenvalue weighted by molar-refractivity contribution is -0.141. The molecule has 0 spiro atoms. The summed E-state index contributed by atoms with van der Waals surface area (Å²) in [5.74, 6) is -1.20. The second kappa shape index (κ2) is 6.78. The number of likely N-dealkylation sites (tertiary alicyclic amines) is 1. The molecule has 1 fully saturated rings. The summed E-state index contributed by atoms with van der Waals surface area (Å²) >= 11 is 1.29. The Bertz CT molecular complexity index is 345. The quantitative estimate of drug-likeness (QED) is 0.709. The first-order chi connectivity index (χ1) is 8.51. The maximum atomic E-state index is 11.9. The Morgan fingerprint density at radius 3 is 2.67 bits per heavy atom. The van der Waals surface area contributed by atoms with Crippen molar-refractivity contribution in [3.63, 3.8) is 0 Å². The van der Waals surface area contributed by atoms with Gasteiger partial charge in [-0.1, -0.05) is 13.8 Å². The Balaban J connectivity index is 2.52. The molecule has 6 heteroatoms. The Kier molecular flexibility index (Phi) is 5.65. The zero-order valence-electron chi connectivity index (χ0n) is 10.7. The molecule has 0 aromatic carbocycles. The number of imide groups is 1. The van der Waals surface area contributed by atoms with E-state index < -0.39 is 17.1 Å². The number of hydrogen-bond donors (Lipinski definition) is 1. The highest BCUT2D eigenvalue weighted by atomic mass is 32.2.